The Hall–Kier alpha value is -2.42. The lowest BCUT2D eigenvalue weighted by Crippen LogP contribution is -2.39. The van der Waals surface area contributed by atoms with Gasteiger partial charge in [0.2, 0.25) is 5.65 Å². The van der Waals surface area contributed by atoms with Crippen molar-refractivity contribution in [3.05, 3.63) is 17.8 Å². The first-order valence-corrected chi connectivity index (χ1v) is 6.20. The van der Waals surface area contributed by atoms with Crippen LogP contribution in [0.2, 0.25) is 0 Å². The lowest BCUT2D eigenvalue weighted by Gasteiger charge is -2.30. The number of rotatable bonds is 1. The molecular formula is C13H13N5O. The van der Waals surface area contributed by atoms with Gasteiger partial charge in [-0.25, -0.2) is 4.98 Å². The van der Waals surface area contributed by atoms with E-state index in [1.165, 1.54) is 0 Å². The van der Waals surface area contributed by atoms with Crippen molar-refractivity contribution < 1.29 is 4.79 Å². The molecule has 2 aromatic heterocycles. The number of aromatic amines is 1. The van der Waals surface area contributed by atoms with Gasteiger partial charge in [0.1, 0.15) is 5.52 Å². The van der Waals surface area contributed by atoms with Crippen LogP contribution in [0.3, 0.4) is 0 Å². The molecule has 6 heteroatoms. The van der Waals surface area contributed by atoms with Crippen LogP contribution in [-0.2, 0) is 0 Å². The Morgan fingerprint density at radius 3 is 3.26 bits per heavy atom. The Balaban J connectivity index is 1.91. The second-order valence-corrected chi connectivity index (χ2v) is 4.61. The number of amides is 1. The fourth-order valence-corrected chi connectivity index (χ4v) is 2.40. The third-order valence-electron chi connectivity index (χ3n) is 3.40. The predicted octanol–water partition coefficient (Wildman–Crippen LogP) is 0.838. The number of fused-ring (bicyclic) bond motifs is 1. The van der Waals surface area contributed by atoms with E-state index in [-0.39, 0.29) is 11.8 Å². The number of H-pyrrole nitrogens is 1. The molecule has 0 bridgehead atoms. The van der Waals surface area contributed by atoms with E-state index in [1.807, 2.05) is 0 Å². The summed E-state index contributed by atoms with van der Waals surface area (Å²) in [4.78, 5) is 18.4. The van der Waals surface area contributed by atoms with E-state index in [0.29, 0.717) is 23.3 Å². The Labute approximate surface area is 110 Å². The molecule has 0 aromatic carbocycles. The van der Waals surface area contributed by atoms with Crippen molar-refractivity contribution in [2.24, 2.45) is 5.92 Å². The van der Waals surface area contributed by atoms with Crippen LogP contribution in [0.25, 0.3) is 11.2 Å². The van der Waals surface area contributed by atoms with Gasteiger partial charge >= 0.3 is 0 Å². The SMILES string of the molecule is C#C[C@H]1CCCN(C(=O)c2ccnc3n[nH]nc23)C1. The second-order valence-electron chi connectivity index (χ2n) is 4.61. The van der Waals surface area contributed by atoms with Crippen molar-refractivity contribution in [1.82, 2.24) is 25.3 Å². The molecule has 1 saturated heterocycles. The van der Waals surface area contributed by atoms with Gasteiger partial charge in [0.25, 0.3) is 5.91 Å². The molecule has 1 aliphatic heterocycles. The van der Waals surface area contributed by atoms with Crippen LogP contribution < -0.4 is 0 Å². The van der Waals surface area contributed by atoms with Crippen molar-refractivity contribution in [3.63, 3.8) is 0 Å². The number of hydrogen-bond acceptors (Lipinski definition) is 4. The van der Waals surface area contributed by atoms with Crippen LogP contribution in [0.4, 0.5) is 0 Å². The molecule has 96 valence electrons. The summed E-state index contributed by atoms with van der Waals surface area (Å²) >= 11 is 0. The highest BCUT2D eigenvalue weighted by molar-refractivity contribution is 6.03. The Kier molecular flexibility index (Phi) is 2.88. The van der Waals surface area contributed by atoms with Crippen LogP contribution in [0.1, 0.15) is 23.2 Å². The number of aromatic nitrogens is 4. The van der Waals surface area contributed by atoms with Gasteiger partial charge in [-0.05, 0) is 18.9 Å². The van der Waals surface area contributed by atoms with Crippen molar-refractivity contribution >= 4 is 17.1 Å². The van der Waals surface area contributed by atoms with Crippen molar-refractivity contribution in [1.29, 1.82) is 0 Å². The average molecular weight is 255 g/mol. The van der Waals surface area contributed by atoms with Gasteiger partial charge in [-0.2, -0.15) is 10.3 Å². The van der Waals surface area contributed by atoms with E-state index >= 15 is 0 Å². The molecule has 0 unspecified atom stereocenters. The maximum atomic E-state index is 12.5. The van der Waals surface area contributed by atoms with Crippen molar-refractivity contribution in [2.45, 2.75) is 12.8 Å². The summed E-state index contributed by atoms with van der Waals surface area (Å²) in [6, 6.07) is 1.67. The summed E-state index contributed by atoms with van der Waals surface area (Å²) < 4.78 is 0. The Morgan fingerprint density at radius 1 is 1.53 bits per heavy atom. The fraction of sp³-hybridized carbons (Fsp3) is 0.385. The van der Waals surface area contributed by atoms with Crippen molar-refractivity contribution in [3.8, 4) is 12.3 Å². The molecule has 0 spiro atoms. The number of carbonyl (C=O) groups is 1. The smallest absolute Gasteiger partial charge is 0.256 e. The van der Waals surface area contributed by atoms with Gasteiger partial charge in [0.15, 0.2) is 0 Å². The van der Waals surface area contributed by atoms with E-state index in [1.54, 1.807) is 17.2 Å². The first-order chi connectivity index (χ1) is 9.29. The lowest BCUT2D eigenvalue weighted by atomic mass is 9.98. The molecule has 1 amide bonds. The standard InChI is InChI=1S/C13H13N5O/c1-2-9-4-3-7-18(8-9)13(19)10-5-6-14-12-11(10)15-17-16-12/h1,5-6,9H,3-4,7-8H2,(H,14,15,16,17)/t9-/m0/s1. The van der Waals surface area contributed by atoms with Crippen molar-refractivity contribution in [2.75, 3.05) is 13.1 Å². The third-order valence-corrected chi connectivity index (χ3v) is 3.40. The van der Waals surface area contributed by atoms with Crippen LogP contribution in [-0.4, -0.2) is 44.3 Å². The summed E-state index contributed by atoms with van der Waals surface area (Å²) in [5.41, 5.74) is 1.49. The average Bonchev–Trinajstić information content (AvgIpc) is 2.95. The van der Waals surface area contributed by atoms with E-state index in [9.17, 15) is 4.79 Å². The molecule has 3 heterocycles. The molecule has 1 N–H and O–H groups in total. The zero-order valence-corrected chi connectivity index (χ0v) is 10.3. The first-order valence-electron chi connectivity index (χ1n) is 6.20. The Bertz CT molecular complexity index is 656. The summed E-state index contributed by atoms with van der Waals surface area (Å²) in [6.45, 7) is 1.34. The van der Waals surface area contributed by atoms with Crippen LogP contribution in [0.15, 0.2) is 12.3 Å². The monoisotopic (exact) mass is 255 g/mol. The van der Waals surface area contributed by atoms with Gasteiger partial charge in [-0.3, -0.25) is 4.79 Å². The minimum atomic E-state index is -0.0544. The molecule has 1 atom stereocenters. The maximum Gasteiger partial charge on any atom is 0.256 e. The fourth-order valence-electron chi connectivity index (χ4n) is 2.40. The number of hydrogen-bond donors (Lipinski definition) is 1. The van der Waals surface area contributed by atoms with Gasteiger partial charge in [-0.1, -0.05) is 0 Å². The molecule has 19 heavy (non-hydrogen) atoms. The van der Waals surface area contributed by atoms with Crippen LogP contribution >= 0.6 is 0 Å². The summed E-state index contributed by atoms with van der Waals surface area (Å²) in [6.07, 6.45) is 8.94. The molecule has 1 fully saturated rings. The number of pyridine rings is 1. The number of piperidine rings is 1. The molecule has 6 nitrogen and oxygen atoms in total. The van der Waals surface area contributed by atoms with Crippen LogP contribution in [0.5, 0.6) is 0 Å². The Morgan fingerprint density at radius 2 is 2.42 bits per heavy atom. The number of carbonyl (C=O) groups excluding carboxylic acids is 1. The van der Waals surface area contributed by atoms with Gasteiger partial charge in [0.05, 0.1) is 5.56 Å². The summed E-state index contributed by atoms with van der Waals surface area (Å²) in [7, 11) is 0. The maximum absolute atomic E-state index is 12.5. The van der Waals surface area contributed by atoms with Crippen LogP contribution in [0, 0.1) is 18.3 Å². The zero-order valence-electron chi connectivity index (χ0n) is 10.3. The minimum absolute atomic E-state index is 0.0544. The molecule has 0 saturated carbocycles. The van der Waals surface area contributed by atoms with E-state index < -0.39 is 0 Å². The topological polar surface area (TPSA) is 74.8 Å². The highest BCUT2D eigenvalue weighted by Gasteiger charge is 2.25. The quantitative estimate of drug-likeness (QED) is 0.766. The number of likely N-dealkylation sites (tertiary alicyclic amines) is 1. The highest BCUT2D eigenvalue weighted by atomic mass is 16.2. The van der Waals surface area contributed by atoms with Gasteiger partial charge in [-0.15, -0.1) is 17.4 Å². The number of nitrogens with one attached hydrogen (secondary N) is 1. The lowest BCUT2D eigenvalue weighted by molar-refractivity contribution is 0.0701. The third kappa shape index (κ3) is 2.03. The molecule has 3 rings (SSSR count). The predicted molar refractivity (Wildman–Crippen MR) is 69.1 cm³/mol. The molecular weight excluding hydrogens is 242 g/mol. The zero-order chi connectivity index (χ0) is 13.2. The first kappa shape index (κ1) is 11.7. The molecule has 1 aliphatic rings. The highest BCUT2D eigenvalue weighted by Crippen LogP contribution is 2.20. The number of nitrogens with zero attached hydrogens (tertiary/aromatic N) is 4. The van der Waals surface area contributed by atoms with E-state index in [2.05, 4.69) is 26.3 Å². The normalized spacial score (nSPS) is 19.3. The number of terminal acetylenes is 1. The summed E-state index contributed by atoms with van der Waals surface area (Å²) in [5.74, 6) is 2.82. The van der Waals surface area contributed by atoms with Gasteiger partial charge < -0.3 is 4.90 Å². The minimum Gasteiger partial charge on any atom is -0.337 e. The largest absolute Gasteiger partial charge is 0.337 e. The molecule has 0 aliphatic carbocycles. The molecule has 0 radical (unpaired) electrons. The van der Waals surface area contributed by atoms with E-state index in [4.69, 9.17) is 6.42 Å². The van der Waals surface area contributed by atoms with E-state index in [0.717, 1.165) is 19.4 Å². The second kappa shape index (κ2) is 4.69. The van der Waals surface area contributed by atoms with Gasteiger partial charge in [0, 0.05) is 25.2 Å². The summed E-state index contributed by atoms with van der Waals surface area (Å²) in [5, 5.41) is 10.4. The molecule has 2 aromatic rings.